The summed E-state index contributed by atoms with van der Waals surface area (Å²) in [5.74, 6) is 0. The average Bonchev–Trinajstić information content (AvgIpc) is 2.56. The first kappa shape index (κ1) is 9.64. The second-order valence-corrected chi connectivity index (χ2v) is 3.55. The maximum atomic E-state index is 8.56. The van der Waals surface area contributed by atoms with Crippen molar-refractivity contribution < 1.29 is 5.11 Å². The first-order valence-electron chi connectivity index (χ1n) is 4.08. The van der Waals surface area contributed by atoms with Gasteiger partial charge in [-0.1, -0.05) is 0 Å². The molecule has 0 aliphatic heterocycles. The van der Waals surface area contributed by atoms with Crippen LogP contribution in [0.25, 0.3) is 0 Å². The number of aliphatic hydroxyl groups excluding tert-OH is 1. The monoisotopic (exact) mass is 186 g/mol. The quantitative estimate of drug-likeness (QED) is 0.679. The number of rotatable bonds is 5. The highest BCUT2D eigenvalue weighted by atomic mass is 32.1. The number of nitrogens with zero attached hydrogens (tertiary/aromatic N) is 1. The van der Waals surface area contributed by atoms with Crippen LogP contribution in [0.1, 0.15) is 24.4 Å². The van der Waals surface area contributed by atoms with Crippen molar-refractivity contribution in [2.24, 2.45) is 0 Å². The van der Waals surface area contributed by atoms with Gasteiger partial charge in [-0.25, -0.2) is 4.98 Å². The van der Waals surface area contributed by atoms with Crippen molar-refractivity contribution in [3.63, 3.8) is 0 Å². The summed E-state index contributed by atoms with van der Waals surface area (Å²) in [5.41, 5.74) is 0. The molecule has 68 valence electrons. The molecular weight excluding hydrogens is 172 g/mol. The van der Waals surface area contributed by atoms with Crippen LogP contribution in [0.5, 0.6) is 0 Å². The van der Waals surface area contributed by atoms with Crippen LogP contribution in [0.3, 0.4) is 0 Å². The third kappa shape index (κ3) is 2.89. The Labute approximate surface area is 76.5 Å². The van der Waals surface area contributed by atoms with Gasteiger partial charge in [0.25, 0.3) is 0 Å². The zero-order valence-corrected chi connectivity index (χ0v) is 7.97. The van der Waals surface area contributed by atoms with E-state index in [9.17, 15) is 0 Å². The van der Waals surface area contributed by atoms with E-state index >= 15 is 0 Å². The maximum absolute atomic E-state index is 8.56. The lowest BCUT2D eigenvalue weighted by molar-refractivity contribution is 0.284. The summed E-state index contributed by atoms with van der Waals surface area (Å²) in [6, 6.07) is 0.302. The molecule has 1 rings (SSSR count). The molecule has 0 amide bonds. The van der Waals surface area contributed by atoms with Gasteiger partial charge < -0.3 is 10.4 Å². The molecule has 0 aromatic carbocycles. The third-order valence-corrected chi connectivity index (χ3v) is 2.57. The Morgan fingerprint density at radius 2 is 2.58 bits per heavy atom. The topological polar surface area (TPSA) is 45.1 Å². The van der Waals surface area contributed by atoms with Gasteiger partial charge in [-0.2, -0.15) is 0 Å². The second kappa shape index (κ2) is 5.24. The Hall–Kier alpha value is -0.450. The van der Waals surface area contributed by atoms with E-state index in [1.54, 1.807) is 11.3 Å². The van der Waals surface area contributed by atoms with E-state index in [0.717, 1.165) is 18.0 Å². The summed E-state index contributed by atoms with van der Waals surface area (Å²) in [7, 11) is 0. The van der Waals surface area contributed by atoms with Gasteiger partial charge in [0.15, 0.2) is 0 Å². The van der Waals surface area contributed by atoms with Crippen molar-refractivity contribution in [3.8, 4) is 0 Å². The van der Waals surface area contributed by atoms with Gasteiger partial charge in [-0.05, 0) is 19.9 Å². The fourth-order valence-corrected chi connectivity index (χ4v) is 1.60. The highest BCUT2D eigenvalue weighted by Gasteiger charge is 2.05. The molecule has 1 heterocycles. The summed E-state index contributed by atoms with van der Waals surface area (Å²) in [6.45, 7) is 3.17. The molecule has 2 N–H and O–H groups in total. The van der Waals surface area contributed by atoms with E-state index in [0.29, 0.717) is 6.04 Å². The predicted octanol–water partition coefficient (Wildman–Crippen LogP) is 1.18. The van der Waals surface area contributed by atoms with E-state index in [4.69, 9.17) is 5.11 Å². The highest BCUT2D eigenvalue weighted by molar-refractivity contribution is 7.09. The van der Waals surface area contributed by atoms with Crippen LogP contribution in [-0.2, 0) is 0 Å². The number of aromatic nitrogens is 1. The Balaban J connectivity index is 2.25. The first-order chi connectivity index (χ1) is 5.84. The Bertz CT molecular complexity index is 201. The van der Waals surface area contributed by atoms with E-state index in [2.05, 4.69) is 17.2 Å². The highest BCUT2D eigenvalue weighted by Crippen LogP contribution is 2.13. The molecule has 0 aliphatic rings. The predicted molar refractivity (Wildman–Crippen MR) is 50.2 cm³/mol. The van der Waals surface area contributed by atoms with Crippen molar-refractivity contribution in [2.75, 3.05) is 13.2 Å². The van der Waals surface area contributed by atoms with Gasteiger partial charge in [-0.3, -0.25) is 0 Å². The van der Waals surface area contributed by atoms with Crippen molar-refractivity contribution >= 4 is 11.3 Å². The zero-order valence-electron chi connectivity index (χ0n) is 7.16. The fraction of sp³-hybridized carbons (Fsp3) is 0.625. The number of aliphatic hydroxyl groups is 1. The Kier molecular flexibility index (Phi) is 4.21. The van der Waals surface area contributed by atoms with E-state index in [-0.39, 0.29) is 6.61 Å². The summed E-state index contributed by atoms with van der Waals surface area (Å²) in [5, 5.41) is 14.9. The molecule has 12 heavy (non-hydrogen) atoms. The standard InChI is InChI=1S/C8H14N2OS/c1-7(9-3-2-5-11)8-10-4-6-12-8/h4,6-7,9,11H,2-3,5H2,1H3/t7-/m1/s1. The van der Waals surface area contributed by atoms with Crippen molar-refractivity contribution in [2.45, 2.75) is 19.4 Å². The number of thiazole rings is 1. The van der Waals surface area contributed by atoms with Gasteiger partial charge >= 0.3 is 0 Å². The van der Waals surface area contributed by atoms with Gasteiger partial charge in [0.2, 0.25) is 0 Å². The summed E-state index contributed by atoms with van der Waals surface area (Å²) < 4.78 is 0. The van der Waals surface area contributed by atoms with E-state index in [1.165, 1.54) is 0 Å². The van der Waals surface area contributed by atoms with Gasteiger partial charge in [0.1, 0.15) is 5.01 Å². The smallest absolute Gasteiger partial charge is 0.109 e. The Morgan fingerprint density at radius 3 is 3.17 bits per heavy atom. The Morgan fingerprint density at radius 1 is 1.75 bits per heavy atom. The third-order valence-electron chi connectivity index (χ3n) is 1.61. The minimum absolute atomic E-state index is 0.248. The molecular formula is C8H14N2OS. The molecule has 0 unspecified atom stereocenters. The fourth-order valence-electron chi connectivity index (χ4n) is 0.933. The van der Waals surface area contributed by atoms with Gasteiger partial charge in [-0.15, -0.1) is 11.3 Å². The maximum Gasteiger partial charge on any atom is 0.109 e. The van der Waals surface area contributed by atoms with Crippen LogP contribution in [-0.4, -0.2) is 23.2 Å². The van der Waals surface area contributed by atoms with Crippen molar-refractivity contribution in [1.29, 1.82) is 0 Å². The lowest BCUT2D eigenvalue weighted by Gasteiger charge is -2.09. The molecule has 3 nitrogen and oxygen atoms in total. The summed E-state index contributed by atoms with van der Waals surface area (Å²) in [4.78, 5) is 4.19. The van der Waals surface area contributed by atoms with Crippen LogP contribution < -0.4 is 5.32 Å². The molecule has 0 saturated carbocycles. The molecule has 1 aromatic rings. The van der Waals surface area contributed by atoms with Crippen LogP contribution >= 0.6 is 11.3 Å². The number of hydrogen-bond donors (Lipinski definition) is 2. The molecule has 0 aliphatic carbocycles. The molecule has 0 radical (unpaired) electrons. The minimum Gasteiger partial charge on any atom is -0.396 e. The van der Waals surface area contributed by atoms with Gasteiger partial charge in [0.05, 0.1) is 6.04 Å². The second-order valence-electron chi connectivity index (χ2n) is 2.62. The lowest BCUT2D eigenvalue weighted by Crippen LogP contribution is -2.20. The van der Waals surface area contributed by atoms with Gasteiger partial charge in [0, 0.05) is 18.2 Å². The van der Waals surface area contributed by atoms with Crippen molar-refractivity contribution in [1.82, 2.24) is 10.3 Å². The van der Waals surface area contributed by atoms with Crippen LogP contribution in [0.4, 0.5) is 0 Å². The SMILES string of the molecule is C[C@@H](NCCCO)c1nccs1. The molecule has 0 spiro atoms. The van der Waals surface area contributed by atoms with Crippen LogP contribution in [0, 0.1) is 0 Å². The van der Waals surface area contributed by atoms with E-state index in [1.807, 2.05) is 11.6 Å². The lowest BCUT2D eigenvalue weighted by atomic mass is 10.3. The number of hydrogen-bond acceptors (Lipinski definition) is 4. The normalized spacial score (nSPS) is 13.2. The number of nitrogens with one attached hydrogen (secondary N) is 1. The molecule has 1 atom stereocenters. The molecule has 0 saturated heterocycles. The average molecular weight is 186 g/mol. The summed E-state index contributed by atoms with van der Waals surface area (Å²) >= 11 is 1.65. The molecule has 4 heteroatoms. The minimum atomic E-state index is 0.248. The molecule has 0 bridgehead atoms. The van der Waals surface area contributed by atoms with Crippen LogP contribution in [0.15, 0.2) is 11.6 Å². The largest absolute Gasteiger partial charge is 0.396 e. The van der Waals surface area contributed by atoms with E-state index < -0.39 is 0 Å². The summed E-state index contributed by atoms with van der Waals surface area (Å²) in [6.07, 6.45) is 2.61. The van der Waals surface area contributed by atoms with Crippen molar-refractivity contribution in [3.05, 3.63) is 16.6 Å². The zero-order chi connectivity index (χ0) is 8.81. The first-order valence-corrected chi connectivity index (χ1v) is 4.96. The van der Waals surface area contributed by atoms with Crippen LogP contribution in [0.2, 0.25) is 0 Å². The molecule has 0 fully saturated rings. The molecule has 1 aromatic heterocycles.